The molecule has 1 fully saturated rings. The van der Waals surface area contributed by atoms with Crippen LogP contribution in [0.25, 0.3) is 0 Å². The van der Waals surface area contributed by atoms with Crippen molar-refractivity contribution < 1.29 is 18.2 Å². The predicted molar refractivity (Wildman–Crippen MR) is 107 cm³/mol. The number of benzene rings is 2. The average Bonchev–Trinajstić information content (AvgIpc) is 2.69. The first-order valence-corrected chi connectivity index (χ1v) is 10.6. The van der Waals surface area contributed by atoms with E-state index in [0.717, 1.165) is 36.5 Å². The van der Waals surface area contributed by atoms with Crippen molar-refractivity contribution >= 4 is 11.3 Å². The summed E-state index contributed by atoms with van der Waals surface area (Å²) in [6, 6.07) is 17.4. The first-order chi connectivity index (χ1) is 13.2. The minimum Gasteiger partial charge on any atom is -0.493 e. The molecule has 5 nitrogen and oxygen atoms in total. The topological polar surface area (TPSA) is 67.8 Å². The van der Waals surface area contributed by atoms with E-state index in [9.17, 15) is 4.21 Å². The predicted octanol–water partition coefficient (Wildman–Crippen LogP) is 4.78. The molecule has 3 rings (SSSR count). The van der Waals surface area contributed by atoms with Gasteiger partial charge >= 0.3 is 0 Å². The van der Waals surface area contributed by atoms with Gasteiger partial charge in [-0.25, -0.2) is 8.93 Å². The molecule has 2 N–H and O–H groups in total. The number of hydrogen-bond acceptors (Lipinski definition) is 3. The fourth-order valence-electron chi connectivity index (χ4n) is 3.65. The molecule has 1 aliphatic carbocycles. The van der Waals surface area contributed by atoms with Gasteiger partial charge in [-0.1, -0.05) is 37.5 Å². The van der Waals surface area contributed by atoms with Gasteiger partial charge in [0.2, 0.25) is 11.3 Å². The summed E-state index contributed by atoms with van der Waals surface area (Å²) in [7, 11) is 0. The van der Waals surface area contributed by atoms with Crippen LogP contribution in [0.1, 0.15) is 32.1 Å². The Morgan fingerprint density at radius 1 is 0.926 bits per heavy atom. The fourth-order valence-corrected chi connectivity index (χ4v) is 3.94. The van der Waals surface area contributed by atoms with Crippen molar-refractivity contribution in [1.29, 1.82) is 0 Å². The molecule has 3 atom stereocenters. The van der Waals surface area contributed by atoms with E-state index < -0.39 is 11.3 Å². The molecule has 0 radical (unpaired) electrons. The molecule has 146 valence electrons. The number of rotatable bonds is 9. The van der Waals surface area contributed by atoms with Crippen molar-refractivity contribution in [3.63, 3.8) is 0 Å². The van der Waals surface area contributed by atoms with Gasteiger partial charge in [-0.2, -0.15) is 0 Å². The summed E-state index contributed by atoms with van der Waals surface area (Å²) in [5.74, 6) is 3.47. The average molecular weight is 390 g/mol. The Morgan fingerprint density at radius 2 is 1.56 bits per heavy atom. The van der Waals surface area contributed by atoms with Gasteiger partial charge in [0.05, 0.1) is 6.61 Å². The van der Waals surface area contributed by atoms with Crippen LogP contribution in [0.2, 0.25) is 0 Å². The Labute approximate surface area is 163 Å². The number of para-hydroxylation sites is 1. The van der Waals surface area contributed by atoms with Crippen LogP contribution in [0.5, 0.6) is 17.2 Å². The Kier molecular flexibility index (Phi) is 7.68. The quantitative estimate of drug-likeness (QED) is 0.606. The van der Waals surface area contributed by atoms with E-state index >= 15 is 0 Å². The van der Waals surface area contributed by atoms with Gasteiger partial charge in [-0.3, -0.25) is 4.55 Å². The maximum Gasteiger partial charge on any atom is 0.231 e. The molecule has 1 aliphatic rings. The second-order valence-corrected chi connectivity index (χ2v) is 7.72. The minimum absolute atomic E-state index is 0.493. The van der Waals surface area contributed by atoms with Crippen LogP contribution >= 0.6 is 0 Å². The van der Waals surface area contributed by atoms with Crippen molar-refractivity contribution in [3.8, 4) is 17.2 Å². The Bertz CT molecular complexity index is 708. The van der Waals surface area contributed by atoms with Crippen molar-refractivity contribution in [3.05, 3.63) is 54.6 Å². The molecule has 0 heterocycles. The summed E-state index contributed by atoms with van der Waals surface area (Å²) in [5.41, 5.74) is 0. The van der Waals surface area contributed by atoms with Gasteiger partial charge in [-0.15, -0.1) is 0 Å². The van der Waals surface area contributed by atoms with Crippen molar-refractivity contribution in [2.45, 2.75) is 32.1 Å². The summed E-state index contributed by atoms with van der Waals surface area (Å²) in [5, 5.41) is 0. The monoisotopic (exact) mass is 389 g/mol. The van der Waals surface area contributed by atoms with Gasteiger partial charge in [0.1, 0.15) is 17.2 Å². The fraction of sp³-hybridized carbons (Fsp3) is 0.429. The number of nitrogens with one attached hydrogen (secondary N) is 1. The van der Waals surface area contributed by atoms with Gasteiger partial charge in [-0.05, 0) is 61.1 Å². The van der Waals surface area contributed by atoms with Crippen molar-refractivity contribution in [2.24, 2.45) is 11.8 Å². The SMILES string of the molecule is O=S(O)NCCC1CCCCC1COc1ccc(Oc2ccccc2)cc1. The third-order valence-corrected chi connectivity index (χ3v) is 5.52. The molecule has 6 heteroatoms. The third-order valence-electron chi connectivity index (χ3n) is 5.07. The van der Waals surface area contributed by atoms with Gasteiger partial charge < -0.3 is 9.47 Å². The zero-order valence-electron chi connectivity index (χ0n) is 15.4. The zero-order chi connectivity index (χ0) is 18.9. The molecule has 3 unspecified atom stereocenters. The maximum atomic E-state index is 10.7. The van der Waals surface area contributed by atoms with E-state index in [-0.39, 0.29) is 0 Å². The lowest BCUT2D eigenvalue weighted by Gasteiger charge is -2.31. The smallest absolute Gasteiger partial charge is 0.231 e. The molecule has 0 spiro atoms. The molecular weight excluding hydrogens is 362 g/mol. The molecule has 2 aromatic rings. The molecule has 1 saturated carbocycles. The molecule has 0 aliphatic heterocycles. The standard InChI is InChI=1S/C21H27NO4S/c23-27(24)22-15-14-17-6-4-5-7-18(17)16-25-19-10-12-21(13-11-19)26-20-8-2-1-3-9-20/h1-3,8-13,17-18,22H,4-7,14-16H2,(H,23,24). The molecule has 0 aromatic heterocycles. The van der Waals surface area contributed by atoms with E-state index in [1.165, 1.54) is 12.8 Å². The normalized spacial score (nSPS) is 20.8. The highest BCUT2D eigenvalue weighted by Crippen LogP contribution is 2.33. The van der Waals surface area contributed by atoms with Gasteiger partial charge in [0, 0.05) is 6.54 Å². The van der Waals surface area contributed by atoms with Crippen molar-refractivity contribution in [2.75, 3.05) is 13.2 Å². The molecule has 0 saturated heterocycles. The maximum absolute atomic E-state index is 10.7. The van der Waals surface area contributed by atoms with Crippen LogP contribution in [-0.4, -0.2) is 21.9 Å². The second-order valence-electron chi connectivity index (χ2n) is 6.93. The highest BCUT2D eigenvalue weighted by Gasteiger charge is 2.25. The second kappa shape index (κ2) is 10.4. The van der Waals surface area contributed by atoms with Crippen LogP contribution in [0.4, 0.5) is 0 Å². The lowest BCUT2D eigenvalue weighted by atomic mass is 9.78. The van der Waals surface area contributed by atoms with Crippen LogP contribution in [0, 0.1) is 11.8 Å². The summed E-state index contributed by atoms with van der Waals surface area (Å²) >= 11 is -1.92. The highest BCUT2D eigenvalue weighted by atomic mass is 32.2. The largest absolute Gasteiger partial charge is 0.493 e. The Morgan fingerprint density at radius 3 is 2.26 bits per heavy atom. The van der Waals surface area contributed by atoms with Crippen LogP contribution in [0.15, 0.2) is 54.6 Å². The Balaban J connectivity index is 1.48. The molecule has 2 aromatic carbocycles. The number of ether oxygens (including phenoxy) is 2. The molecule has 27 heavy (non-hydrogen) atoms. The lowest BCUT2D eigenvalue weighted by Crippen LogP contribution is -2.29. The van der Waals surface area contributed by atoms with Crippen molar-refractivity contribution in [1.82, 2.24) is 4.72 Å². The third kappa shape index (κ3) is 6.65. The number of hydrogen-bond donors (Lipinski definition) is 2. The van der Waals surface area contributed by atoms with Crippen LogP contribution in [-0.2, 0) is 11.3 Å². The summed E-state index contributed by atoms with van der Waals surface area (Å²) < 4.78 is 34.0. The van der Waals surface area contributed by atoms with E-state index in [1.807, 2.05) is 54.6 Å². The van der Waals surface area contributed by atoms with Crippen LogP contribution < -0.4 is 14.2 Å². The van der Waals surface area contributed by atoms with E-state index in [1.54, 1.807) is 0 Å². The first-order valence-electron chi connectivity index (χ1n) is 9.51. The summed E-state index contributed by atoms with van der Waals surface area (Å²) in [4.78, 5) is 0. The van der Waals surface area contributed by atoms with E-state index in [4.69, 9.17) is 14.0 Å². The van der Waals surface area contributed by atoms with E-state index in [2.05, 4.69) is 4.72 Å². The molecular formula is C21H27NO4S. The van der Waals surface area contributed by atoms with E-state index in [0.29, 0.717) is 25.0 Å². The first kappa shape index (κ1) is 19.9. The Hall–Kier alpha value is -1.89. The summed E-state index contributed by atoms with van der Waals surface area (Å²) in [6.45, 7) is 1.25. The van der Waals surface area contributed by atoms with Crippen LogP contribution in [0.3, 0.4) is 0 Å². The molecule has 0 bridgehead atoms. The summed E-state index contributed by atoms with van der Waals surface area (Å²) in [6.07, 6.45) is 5.69. The minimum atomic E-state index is -1.92. The molecule has 0 amide bonds. The highest BCUT2D eigenvalue weighted by molar-refractivity contribution is 7.77. The van der Waals surface area contributed by atoms with Gasteiger partial charge in [0.15, 0.2) is 0 Å². The lowest BCUT2D eigenvalue weighted by molar-refractivity contribution is 0.143. The van der Waals surface area contributed by atoms with Gasteiger partial charge in [0.25, 0.3) is 0 Å². The zero-order valence-corrected chi connectivity index (χ0v) is 16.2.